The first-order chi connectivity index (χ1) is 7.66. The fourth-order valence-electron chi connectivity index (χ4n) is 2.79. The molecular formula is C12H22N2O2. The normalized spacial score (nSPS) is 38.1. The lowest BCUT2D eigenvalue weighted by molar-refractivity contribution is -0.132. The van der Waals surface area contributed by atoms with Crippen molar-refractivity contribution >= 4 is 5.91 Å². The quantitative estimate of drug-likeness (QED) is 0.650. The zero-order chi connectivity index (χ0) is 11.6. The van der Waals surface area contributed by atoms with E-state index in [9.17, 15) is 9.90 Å². The standard InChI is InChI=1S/C12H22N2O2/c1-2-3-12(4-5-13-8-12)11(16)14-9-6-10(15)7-9/h9-10,13,15H,2-8H2,1H3,(H,14,16). The summed E-state index contributed by atoms with van der Waals surface area (Å²) in [7, 11) is 0. The van der Waals surface area contributed by atoms with Gasteiger partial charge in [-0.2, -0.15) is 0 Å². The molecule has 0 bridgehead atoms. The summed E-state index contributed by atoms with van der Waals surface area (Å²) in [6.45, 7) is 3.88. The van der Waals surface area contributed by atoms with E-state index in [0.717, 1.165) is 45.2 Å². The molecule has 0 spiro atoms. The summed E-state index contributed by atoms with van der Waals surface area (Å²) in [5.41, 5.74) is -0.185. The van der Waals surface area contributed by atoms with Crippen molar-refractivity contribution in [2.75, 3.05) is 13.1 Å². The smallest absolute Gasteiger partial charge is 0.227 e. The minimum absolute atomic E-state index is 0.185. The fourth-order valence-corrected chi connectivity index (χ4v) is 2.79. The molecule has 1 atom stereocenters. The van der Waals surface area contributed by atoms with Gasteiger partial charge in [0.2, 0.25) is 5.91 Å². The predicted molar refractivity (Wildman–Crippen MR) is 62.0 cm³/mol. The van der Waals surface area contributed by atoms with Crippen LogP contribution in [0.4, 0.5) is 0 Å². The Hall–Kier alpha value is -0.610. The van der Waals surface area contributed by atoms with Crippen LogP contribution in [0.15, 0.2) is 0 Å². The summed E-state index contributed by atoms with van der Waals surface area (Å²) < 4.78 is 0. The van der Waals surface area contributed by atoms with Crippen LogP contribution in [0.5, 0.6) is 0 Å². The first-order valence-electron chi connectivity index (χ1n) is 6.36. The molecule has 1 unspecified atom stereocenters. The molecule has 16 heavy (non-hydrogen) atoms. The van der Waals surface area contributed by atoms with E-state index in [1.165, 1.54) is 0 Å². The Kier molecular flexibility index (Phi) is 3.50. The van der Waals surface area contributed by atoms with Gasteiger partial charge in [-0.1, -0.05) is 13.3 Å². The summed E-state index contributed by atoms with van der Waals surface area (Å²) >= 11 is 0. The van der Waals surface area contributed by atoms with Gasteiger partial charge in [0, 0.05) is 12.6 Å². The summed E-state index contributed by atoms with van der Waals surface area (Å²) in [5.74, 6) is 0.191. The van der Waals surface area contributed by atoms with Crippen LogP contribution in [0.1, 0.15) is 39.0 Å². The lowest BCUT2D eigenvalue weighted by Gasteiger charge is -2.36. The van der Waals surface area contributed by atoms with Gasteiger partial charge in [0.1, 0.15) is 0 Å². The molecule has 1 aliphatic carbocycles. The predicted octanol–water partition coefficient (Wildman–Crippen LogP) is 0.406. The van der Waals surface area contributed by atoms with E-state index in [0.29, 0.717) is 0 Å². The van der Waals surface area contributed by atoms with Crippen LogP contribution in [0, 0.1) is 5.41 Å². The lowest BCUT2D eigenvalue weighted by atomic mass is 9.80. The van der Waals surface area contributed by atoms with Gasteiger partial charge in [-0.25, -0.2) is 0 Å². The zero-order valence-corrected chi connectivity index (χ0v) is 9.96. The second-order valence-electron chi connectivity index (χ2n) is 5.25. The number of rotatable bonds is 4. The molecule has 4 heteroatoms. The molecule has 4 nitrogen and oxygen atoms in total. The molecule has 0 aromatic carbocycles. The molecule has 1 amide bonds. The third-order valence-electron chi connectivity index (χ3n) is 3.90. The Morgan fingerprint density at radius 2 is 2.31 bits per heavy atom. The van der Waals surface area contributed by atoms with Crippen LogP contribution in [-0.4, -0.2) is 36.2 Å². The average Bonchev–Trinajstić information content (AvgIpc) is 2.66. The number of carbonyl (C=O) groups is 1. The maximum Gasteiger partial charge on any atom is 0.227 e. The van der Waals surface area contributed by atoms with Crippen molar-refractivity contribution < 1.29 is 9.90 Å². The van der Waals surface area contributed by atoms with Crippen molar-refractivity contribution in [1.82, 2.24) is 10.6 Å². The summed E-state index contributed by atoms with van der Waals surface area (Å²) in [5, 5.41) is 15.6. The molecular weight excluding hydrogens is 204 g/mol. The molecule has 0 aromatic heterocycles. The Bertz CT molecular complexity index is 256. The van der Waals surface area contributed by atoms with Crippen LogP contribution in [0.3, 0.4) is 0 Å². The molecule has 1 saturated heterocycles. The number of aliphatic hydroxyl groups excluding tert-OH is 1. The summed E-state index contributed by atoms with van der Waals surface area (Å²) in [4.78, 5) is 12.2. The first-order valence-corrected chi connectivity index (χ1v) is 6.36. The molecule has 1 aliphatic heterocycles. The molecule has 2 rings (SSSR count). The first kappa shape index (κ1) is 11.9. The van der Waals surface area contributed by atoms with E-state index in [-0.39, 0.29) is 23.5 Å². The number of hydrogen-bond acceptors (Lipinski definition) is 3. The number of aliphatic hydroxyl groups is 1. The van der Waals surface area contributed by atoms with Gasteiger partial charge in [0.05, 0.1) is 11.5 Å². The van der Waals surface area contributed by atoms with Gasteiger partial charge in [-0.05, 0) is 32.2 Å². The fraction of sp³-hybridized carbons (Fsp3) is 0.917. The van der Waals surface area contributed by atoms with Gasteiger partial charge < -0.3 is 15.7 Å². The highest BCUT2D eigenvalue weighted by Gasteiger charge is 2.42. The van der Waals surface area contributed by atoms with E-state index >= 15 is 0 Å². The highest BCUT2D eigenvalue weighted by Crippen LogP contribution is 2.32. The van der Waals surface area contributed by atoms with Crippen LogP contribution in [0.2, 0.25) is 0 Å². The van der Waals surface area contributed by atoms with Crippen molar-refractivity contribution in [3.8, 4) is 0 Å². The number of carbonyl (C=O) groups excluding carboxylic acids is 1. The topological polar surface area (TPSA) is 61.4 Å². The largest absolute Gasteiger partial charge is 0.393 e. The monoisotopic (exact) mass is 226 g/mol. The molecule has 0 aromatic rings. The van der Waals surface area contributed by atoms with E-state index in [1.54, 1.807) is 0 Å². The highest BCUT2D eigenvalue weighted by molar-refractivity contribution is 5.83. The maximum atomic E-state index is 12.2. The molecule has 1 saturated carbocycles. The van der Waals surface area contributed by atoms with E-state index in [1.807, 2.05) is 0 Å². The van der Waals surface area contributed by atoms with Crippen molar-refractivity contribution in [3.05, 3.63) is 0 Å². The van der Waals surface area contributed by atoms with Crippen LogP contribution in [-0.2, 0) is 4.79 Å². The van der Waals surface area contributed by atoms with Gasteiger partial charge in [-0.15, -0.1) is 0 Å². The van der Waals surface area contributed by atoms with Crippen LogP contribution in [0.25, 0.3) is 0 Å². The number of amides is 1. The Morgan fingerprint density at radius 3 is 2.81 bits per heavy atom. The number of nitrogens with one attached hydrogen (secondary N) is 2. The second-order valence-corrected chi connectivity index (χ2v) is 5.25. The second kappa shape index (κ2) is 4.72. The molecule has 2 fully saturated rings. The van der Waals surface area contributed by atoms with E-state index in [2.05, 4.69) is 17.6 Å². The van der Waals surface area contributed by atoms with Gasteiger partial charge >= 0.3 is 0 Å². The zero-order valence-electron chi connectivity index (χ0n) is 9.96. The summed E-state index contributed by atoms with van der Waals surface area (Å²) in [6.07, 6.45) is 4.20. The number of hydrogen-bond donors (Lipinski definition) is 3. The van der Waals surface area contributed by atoms with E-state index < -0.39 is 0 Å². The Balaban J connectivity index is 1.90. The average molecular weight is 226 g/mol. The highest BCUT2D eigenvalue weighted by atomic mass is 16.3. The summed E-state index contributed by atoms with van der Waals surface area (Å²) in [6, 6.07) is 0.205. The van der Waals surface area contributed by atoms with E-state index in [4.69, 9.17) is 0 Å². The van der Waals surface area contributed by atoms with Crippen molar-refractivity contribution in [2.24, 2.45) is 5.41 Å². The SMILES string of the molecule is CCCC1(C(=O)NC2CC(O)C2)CCNC1. The van der Waals surface area contributed by atoms with Crippen LogP contribution >= 0.6 is 0 Å². The molecule has 1 heterocycles. The lowest BCUT2D eigenvalue weighted by Crippen LogP contribution is -2.52. The third kappa shape index (κ3) is 2.23. The molecule has 2 aliphatic rings. The van der Waals surface area contributed by atoms with Gasteiger partial charge in [0.25, 0.3) is 0 Å². The molecule has 0 radical (unpaired) electrons. The Morgan fingerprint density at radius 1 is 1.56 bits per heavy atom. The minimum Gasteiger partial charge on any atom is -0.393 e. The van der Waals surface area contributed by atoms with Crippen molar-refractivity contribution in [2.45, 2.75) is 51.2 Å². The van der Waals surface area contributed by atoms with Gasteiger partial charge in [-0.3, -0.25) is 4.79 Å². The van der Waals surface area contributed by atoms with Crippen molar-refractivity contribution in [1.29, 1.82) is 0 Å². The molecule has 92 valence electrons. The molecule has 3 N–H and O–H groups in total. The minimum atomic E-state index is -0.200. The third-order valence-corrected chi connectivity index (χ3v) is 3.90. The van der Waals surface area contributed by atoms with Crippen molar-refractivity contribution in [3.63, 3.8) is 0 Å². The Labute approximate surface area is 96.8 Å². The maximum absolute atomic E-state index is 12.2. The van der Waals surface area contributed by atoms with Crippen LogP contribution < -0.4 is 10.6 Å². The van der Waals surface area contributed by atoms with Gasteiger partial charge in [0.15, 0.2) is 0 Å².